The summed E-state index contributed by atoms with van der Waals surface area (Å²) in [5.41, 5.74) is 1.17. The van der Waals surface area contributed by atoms with Gasteiger partial charge < -0.3 is 19.2 Å². The second-order valence-electron chi connectivity index (χ2n) is 4.60. The first-order valence-corrected chi connectivity index (χ1v) is 6.48. The summed E-state index contributed by atoms with van der Waals surface area (Å²) in [6.45, 7) is 4.09. The maximum Gasteiger partial charge on any atom is 0.161 e. The fourth-order valence-electron chi connectivity index (χ4n) is 2.11. The van der Waals surface area contributed by atoms with Gasteiger partial charge in [-0.2, -0.15) is 0 Å². The molecule has 4 heteroatoms. The van der Waals surface area contributed by atoms with E-state index in [0.29, 0.717) is 13.2 Å². The minimum atomic E-state index is 0.184. The number of hydrogen-bond donors (Lipinski definition) is 1. The number of ether oxygens (including phenoxy) is 2. The van der Waals surface area contributed by atoms with Crippen molar-refractivity contribution in [2.45, 2.75) is 19.5 Å². The Morgan fingerprint density at radius 1 is 1.16 bits per heavy atom. The van der Waals surface area contributed by atoms with Crippen LogP contribution < -0.4 is 14.8 Å². The molecule has 1 unspecified atom stereocenters. The summed E-state index contributed by atoms with van der Waals surface area (Å²) in [6.07, 6.45) is 1.69. The highest BCUT2D eigenvalue weighted by Gasteiger charge is 2.12. The Morgan fingerprint density at radius 2 is 2.00 bits per heavy atom. The van der Waals surface area contributed by atoms with Crippen LogP contribution in [0.15, 0.2) is 41.0 Å². The molecular weight excluding hydrogens is 242 g/mol. The van der Waals surface area contributed by atoms with E-state index in [9.17, 15) is 0 Å². The number of benzene rings is 1. The van der Waals surface area contributed by atoms with E-state index in [1.54, 1.807) is 6.26 Å². The molecular formula is C15H17NO3. The van der Waals surface area contributed by atoms with Crippen molar-refractivity contribution < 1.29 is 13.9 Å². The van der Waals surface area contributed by atoms with Crippen molar-refractivity contribution in [1.82, 2.24) is 5.32 Å². The molecule has 0 saturated heterocycles. The van der Waals surface area contributed by atoms with E-state index in [1.807, 2.05) is 24.3 Å². The molecule has 100 valence electrons. The van der Waals surface area contributed by atoms with Gasteiger partial charge in [0.05, 0.1) is 12.3 Å². The SMILES string of the molecule is CC(NCc1ccc2c(c1)OCCO2)c1ccco1. The molecule has 0 aliphatic carbocycles. The lowest BCUT2D eigenvalue weighted by Crippen LogP contribution is -2.18. The van der Waals surface area contributed by atoms with Crippen molar-refractivity contribution in [3.63, 3.8) is 0 Å². The van der Waals surface area contributed by atoms with Crippen LogP contribution in [-0.4, -0.2) is 13.2 Å². The summed E-state index contributed by atoms with van der Waals surface area (Å²) in [6, 6.07) is 10.1. The molecule has 0 saturated carbocycles. The van der Waals surface area contributed by atoms with Crippen LogP contribution in [0.3, 0.4) is 0 Å². The van der Waals surface area contributed by atoms with Crippen LogP contribution in [0, 0.1) is 0 Å². The Bertz CT molecular complexity index is 536. The van der Waals surface area contributed by atoms with Gasteiger partial charge in [0.2, 0.25) is 0 Å². The van der Waals surface area contributed by atoms with Crippen molar-refractivity contribution in [3.8, 4) is 11.5 Å². The zero-order chi connectivity index (χ0) is 13.1. The van der Waals surface area contributed by atoms with Crippen molar-refractivity contribution in [1.29, 1.82) is 0 Å². The van der Waals surface area contributed by atoms with Crippen LogP contribution in [0.25, 0.3) is 0 Å². The maximum atomic E-state index is 5.57. The van der Waals surface area contributed by atoms with E-state index in [2.05, 4.69) is 18.3 Å². The van der Waals surface area contributed by atoms with Gasteiger partial charge in [0.15, 0.2) is 11.5 Å². The summed E-state index contributed by atoms with van der Waals surface area (Å²) < 4.78 is 16.4. The maximum absolute atomic E-state index is 5.57. The standard InChI is InChI=1S/C15H17NO3/c1-11(13-3-2-6-17-13)16-10-12-4-5-14-15(9-12)19-8-7-18-14/h2-6,9,11,16H,7-8,10H2,1H3. The van der Waals surface area contributed by atoms with E-state index in [0.717, 1.165) is 23.8 Å². The molecule has 1 aromatic heterocycles. The summed E-state index contributed by atoms with van der Waals surface area (Å²) >= 11 is 0. The van der Waals surface area contributed by atoms with Gasteiger partial charge in [-0.15, -0.1) is 0 Å². The first kappa shape index (κ1) is 12.1. The number of nitrogens with one attached hydrogen (secondary N) is 1. The minimum absolute atomic E-state index is 0.184. The molecule has 1 aliphatic heterocycles. The van der Waals surface area contributed by atoms with E-state index in [1.165, 1.54) is 5.56 Å². The van der Waals surface area contributed by atoms with Gasteiger partial charge >= 0.3 is 0 Å². The van der Waals surface area contributed by atoms with Crippen LogP contribution in [-0.2, 0) is 6.54 Å². The molecule has 1 N–H and O–H groups in total. The second-order valence-corrected chi connectivity index (χ2v) is 4.60. The van der Waals surface area contributed by atoms with Crippen LogP contribution in [0.5, 0.6) is 11.5 Å². The molecule has 3 rings (SSSR count). The fourth-order valence-corrected chi connectivity index (χ4v) is 2.11. The smallest absolute Gasteiger partial charge is 0.161 e. The summed E-state index contributed by atoms with van der Waals surface area (Å²) in [5, 5.41) is 3.42. The van der Waals surface area contributed by atoms with Gasteiger partial charge in [-0.05, 0) is 36.8 Å². The molecule has 1 aromatic carbocycles. The third-order valence-corrected chi connectivity index (χ3v) is 3.19. The molecule has 0 radical (unpaired) electrons. The molecule has 4 nitrogen and oxygen atoms in total. The van der Waals surface area contributed by atoms with E-state index in [-0.39, 0.29) is 6.04 Å². The first-order valence-electron chi connectivity index (χ1n) is 6.48. The molecule has 0 amide bonds. The number of furan rings is 1. The van der Waals surface area contributed by atoms with Crippen LogP contribution in [0.4, 0.5) is 0 Å². The van der Waals surface area contributed by atoms with Crippen molar-refractivity contribution >= 4 is 0 Å². The Morgan fingerprint density at radius 3 is 2.79 bits per heavy atom. The van der Waals surface area contributed by atoms with Gasteiger partial charge in [-0.3, -0.25) is 0 Å². The Hall–Kier alpha value is -1.94. The summed E-state index contributed by atoms with van der Waals surface area (Å²) in [4.78, 5) is 0. The first-order chi connectivity index (χ1) is 9.33. The van der Waals surface area contributed by atoms with Crippen molar-refractivity contribution in [2.24, 2.45) is 0 Å². The Kier molecular flexibility index (Phi) is 3.42. The molecule has 19 heavy (non-hydrogen) atoms. The molecule has 1 aliphatic rings. The second kappa shape index (κ2) is 5.36. The predicted octanol–water partition coefficient (Wildman–Crippen LogP) is 2.90. The van der Waals surface area contributed by atoms with E-state index < -0.39 is 0 Å². The average Bonchev–Trinajstić information content (AvgIpc) is 2.99. The average molecular weight is 259 g/mol. The van der Waals surface area contributed by atoms with Gasteiger partial charge in [-0.25, -0.2) is 0 Å². The lowest BCUT2D eigenvalue weighted by molar-refractivity contribution is 0.171. The van der Waals surface area contributed by atoms with Gasteiger partial charge in [0, 0.05) is 6.54 Å². The lowest BCUT2D eigenvalue weighted by Gasteiger charge is -2.19. The van der Waals surface area contributed by atoms with Gasteiger partial charge in [0.1, 0.15) is 19.0 Å². The van der Waals surface area contributed by atoms with Crippen LogP contribution in [0.2, 0.25) is 0 Å². The van der Waals surface area contributed by atoms with Crippen molar-refractivity contribution in [2.75, 3.05) is 13.2 Å². The van der Waals surface area contributed by atoms with Crippen molar-refractivity contribution in [3.05, 3.63) is 47.9 Å². The molecule has 0 bridgehead atoms. The lowest BCUT2D eigenvalue weighted by atomic mass is 10.1. The molecule has 2 aromatic rings. The highest BCUT2D eigenvalue weighted by atomic mass is 16.6. The number of fused-ring (bicyclic) bond motifs is 1. The third kappa shape index (κ3) is 2.74. The van der Waals surface area contributed by atoms with E-state index >= 15 is 0 Å². The van der Waals surface area contributed by atoms with Gasteiger partial charge in [-0.1, -0.05) is 6.07 Å². The highest BCUT2D eigenvalue weighted by molar-refractivity contribution is 5.43. The molecule has 0 spiro atoms. The normalized spacial score (nSPS) is 15.2. The Labute approximate surface area is 112 Å². The van der Waals surface area contributed by atoms with E-state index in [4.69, 9.17) is 13.9 Å². The summed E-state index contributed by atoms with van der Waals surface area (Å²) in [5.74, 6) is 2.60. The van der Waals surface area contributed by atoms with Crippen LogP contribution in [0.1, 0.15) is 24.3 Å². The monoisotopic (exact) mass is 259 g/mol. The number of hydrogen-bond acceptors (Lipinski definition) is 4. The summed E-state index contributed by atoms with van der Waals surface area (Å²) in [7, 11) is 0. The Balaban J connectivity index is 1.64. The molecule has 2 heterocycles. The van der Waals surface area contributed by atoms with Crippen LogP contribution >= 0.6 is 0 Å². The predicted molar refractivity (Wildman–Crippen MR) is 71.4 cm³/mol. The fraction of sp³-hybridized carbons (Fsp3) is 0.333. The number of rotatable bonds is 4. The highest BCUT2D eigenvalue weighted by Crippen LogP contribution is 2.30. The largest absolute Gasteiger partial charge is 0.486 e. The topological polar surface area (TPSA) is 43.6 Å². The molecule has 1 atom stereocenters. The zero-order valence-corrected chi connectivity index (χ0v) is 10.9. The third-order valence-electron chi connectivity index (χ3n) is 3.19. The van der Waals surface area contributed by atoms with Gasteiger partial charge in [0.25, 0.3) is 0 Å². The molecule has 0 fully saturated rings. The zero-order valence-electron chi connectivity index (χ0n) is 10.9. The minimum Gasteiger partial charge on any atom is -0.486 e. The quantitative estimate of drug-likeness (QED) is 0.917.